The minimum absolute atomic E-state index is 0.0260. The zero-order chi connectivity index (χ0) is 23.8. The highest BCUT2D eigenvalue weighted by molar-refractivity contribution is 5.91. The minimum atomic E-state index is -0.0260. The first-order valence-electron chi connectivity index (χ1n) is 11.5. The molecule has 5 rings (SSSR count). The van der Waals surface area contributed by atoms with Crippen LogP contribution in [0.2, 0.25) is 0 Å². The second kappa shape index (κ2) is 8.90. The maximum absolute atomic E-state index is 9.89. The number of hydrogen-bond acceptors (Lipinski definition) is 6. The summed E-state index contributed by atoms with van der Waals surface area (Å²) < 4.78 is 2.07. The molecule has 172 valence electrons. The number of nitriles is 1. The number of rotatable bonds is 5. The molecule has 34 heavy (non-hydrogen) atoms. The molecule has 2 aromatic carbocycles. The highest BCUT2D eigenvalue weighted by atomic mass is 16.3. The van der Waals surface area contributed by atoms with Crippen LogP contribution in [-0.4, -0.2) is 57.6 Å². The van der Waals surface area contributed by atoms with Crippen LogP contribution < -0.4 is 4.90 Å². The van der Waals surface area contributed by atoms with Gasteiger partial charge in [-0.25, -0.2) is 9.97 Å². The van der Waals surface area contributed by atoms with Crippen LogP contribution in [0.5, 0.6) is 0 Å². The fraction of sp³-hybridized carbons (Fsp3) is 0.296. The quantitative estimate of drug-likeness (QED) is 0.495. The van der Waals surface area contributed by atoms with Crippen molar-refractivity contribution in [3.63, 3.8) is 0 Å². The zero-order valence-electron chi connectivity index (χ0n) is 19.7. The summed E-state index contributed by atoms with van der Waals surface area (Å²) >= 11 is 0. The van der Waals surface area contributed by atoms with Gasteiger partial charge in [0.25, 0.3) is 0 Å². The number of likely N-dealkylation sites (N-methyl/N-ethyl adjacent to an activating group) is 1. The molecule has 1 N–H and O–H groups in total. The summed E-state index contributed by atoms with van der Waals surface area (Å²) in [6.07, 6.45) is 4.86. The van der Waals surface area contributed by atoms with E-state index in [1.165, 1.54) is 0 Å². The lowest BCUT2D eigenvalue weighted by molar-refractivity contribution is 0.281. The van der Waals surface area contributed by atoms with E-state index >= 15 is 0 Å². The van der Waals surface area contributed by atoms with Crippen LogP contribution in [0.25, 0.3) is 28.0 Å². The van der Waals surface area contributed by atoms with Crippen LogP contribution >= 0.6 is 0 Å². The van der Waals surface area contributed by atoms with Gasteiger partial charge >= 0.3 is 0 Å². The lowest BCUT2D eigenvalue weighted by Crippen LogP contribution is -2.32. The summed E-state index contributed by atoms with van der Waals surface area (Å²) in [4.78, 5) is 14.6. The molecular weight excluding hydrogens is 424 g/mol. The van der Waals surface area contributed by atoms with Gasteiger partial charge in [-0.2, -0.15) is 5.26 Å². The maximum atomic E-state index is 9.89. The molecule has 0 amide bonds. The Hall–Kier alpha value is -3.73. The van der Waals surface area contributed by atoms with E-state index in [0.29, 0.717) is 11.6 Å². The number of imidazole rings is 1. The lowest BCUT2D eigenvalue weighted by atomic mass is 9.96. The number of aliphatic hydroxyl groups excluding tert-OH is 1. The lowest BCUT2D eigenvalue weighted by Gasteiger charge is -2.23. The van der Waals surface area contributed by atoms with E-state index in [1.807, 2.05) is 55.7 Å². The molecule has 0 saturated carbocycles. The van der Waals surface area contributed by atoms with Crippen molar-refractivity contribution in [3.8, 4) is 28.5 Å². The molecule has 0 spiro atoms. The van der Waals surface area contributed by atoms with Gasteiger partial charge in [0.1, 0.15) is 5.65 Å². The van der Waals surface area contributed by atoms with Gasteiger partial charge in [-0.05, 0) is 62.3 Å². The number of anilines is 1. The summed E-state index contributed by atoms with van der Waals surface area (Å²) in [6, 6.07) is 16.3. The van der Waals surface area contributed by atoms with Crippen molar-refractivity contribution in [1.82, 2.24) is 19.3 Å². The zero-order valence-corrected chi connectivity index (χ0v) is 19.7. The molecule has 7 nitrogen and oxygen atoms in total. The third-order valence-corrected chi connectivity index (χ3v) is 6.80. The fourth-order valence-corrected chi connectivity index (χ4v) is 4.71. The Morgan fingerprint density at radius 3 is 2.59 bits per heavy atom. The van der Waals surface area contributed by atoms with Crippen LogP contribution in [0, 0.1) is 18.3 Å². The third kappa shape index (κ3) is 3.81. The Bertz CT molecular complexity index is 1380. The molecule has 0 aliphatic carbocycles. The first-order valence-corrected chi connectivity index (χ1v) is 11.5. The summed E-state index contributed by atoms with van der Waals surface area (Å²) in [5, 5.41) is 19.2. The van der Waals surface area contributed by atoms with E-state index in [9.17, 15) is 10.4 Å². The van der Waals surface area contributed by atoms with Gasteiger partial charge in [-0.15, -0.1) is 0 Å². The van der Waals surface area contributed by atoms with Crippen molar-refractivity contribution >= 4 is 11.6 Å². The number of aromatic nitrogens is 3. The predicted octanol–water partition coefficient (Wildman–Crippen LogP) is 3.88. The molecule has 3 heterocycles. The highest BCUT2D eigenvalue weighted by Crippen LogP contribution is 2.37. The van der Waals surface area contributed by atoms with E-state index in [2.05, 4.69) is 40.4 Å². The minimum Gasteiger partial charge on any atom is -0.392 e. The van der Waals surface area contributed by atoms with Crippen molar-refractivity contribution < 1.29 is 5.11 Å². The average molecular weight is 453 g/mol. The van der Waals surface area contributed by atoms with E-state index in [4.69, 9.17) is 9.97 Å². The number of fused-ring (bicyclic) bond motifs is 1. The smallest absolute Gasteiger partial charge is 0.212 e. The van der Waals surface area contributed by atoms with Gasteiger partial charge in [-0.3, -0.25) is 4.40 Å². The molecule has 7 heteroatoms. The molecule has 1 saturated heterocycles. The number of aryl methyl sites for hydroxylation is 1. The van der Waals surface area contributed by atoms with Crippen molar-refractivity contribution in [1.29, 1.82) is 5.26 Å². The molecule has 1 aliphatic heterocycles. The topological polar surface area (TPSA) is 80.7 Å². The number of benzene rings is 2. The summed E-state index contributed by atoms with van der Waals surface area (Å²) in [7, 11) is 4.24. The standard InChI is InChI=1S/C27H28N6O/c1-18-4-7-21(14-22(18)17-34)24-25(20-8-5-19(15-28)6-9-20)30-27(33-13-11-29-26(24)33)32-12-10-23(16-32)31(2)3/h4-9,11,13-14,23,34H,10,12,16-17H2,1-3H3/t23-/m1/s1. The Morgan fingerprint density at radius 2 is 1.91 bits per heavy atom. The van der Waals surface area contributed by atoms with Crippen LogP contribution in [0.1, 0.15) is 23.1 Å². The number of aliphatic hydroxyl groups is 1. The Morgan fingerprint density at radius 1 is 1.15 bits per heavy atom. The highest BCUT2D eigenvalue weighted by Gasteiger charge is 2.28. The van der Waals surface area contributed by atoms with Crippen LogP contribution in [-0.2, 0) is 6.61 Å². The van der Waals surface area contributed by atoms with E-state index in [1.54, 1.807) is 0 Å². The van der Waals surface area contributed by atoms with Crippen LogP contribution in [0.3, 0.4) is 0 Å². The number of nitrogens with zero attached hydrogens (tertiary/aromatic N) is 6. The molecule has 2 aromatic heterocycles. The summed E-state index contributed by atoms with van der Waals surface area (Å²) in [5.74, 6) is 0.870. The Labute approximate surface area is 199 Å². The predicted molar refractivity (Wildman–Crippen MR) is 134 cm³/mol. The van der Waals surface area contributed by atoms with E-state index in [0.717, 1.165) is 64.6 Å². The van der Waals surface area contributed by atoms with Crippen molar-refractivity contribution in [2.45, 2.75) is 26.0 Å². The first kappa shape index (κ1) is 22.1. The van der Waals surface area contributed by atoms with Crippen LogP contribution in [0.4, 0.5) is 5.95 Å². The molecule has 4 aromatic rings. The Balaban J connectivity index is 1.75. The molecule has 0 unspecified atom stereocenters. The molecule has 1 fully saturated rings. The molecule has 0 radical (unpaired) electrons. The van der Waals surface area contributed by atoms with Gasteiger partial charge < -0.3 is 14.9 Å². The SMILES string of the molecule is Cc1ccc(-c2c(-c3ccc(C#N)cc3)nc(N3CC[C@@H](N(C)C)C3)n3ccnc23)cc1CO. The van der Waals surface area contributed by atoms with E-state index in [-0.39, 0.29) is 6.61 Å². The van der Waals surface area contributed by atoms with Gasteiger partial charge in [-0.1, -0.05) is 24.3 Å². The second-order valence-electron chi connectivity index (χ2n) is 9.10. The summed E-state index contributed by atoms with van der Waals surface area (Å²) in [5.41, 5.74) is 6.97. The van der Waals surface area contributed by atoms with Crippen molar-refractivity contribution in [3.05, 3.63) is 71.5 Å². The van der Waals surface area contributed by atoms with Crippen LogP contribution in [0.15, 0.2) is 54.9 Å². The van der Waals surface area contributed by atoms with Crippen molar-refractivity contribution in [2.24, 2.45) is 0 Å². The average Bonchev–Trinajstić information content (AvgIpc) is 3.54. The molecule has 1 aliphatic rings. The summed E-state index contributed by atoms with van der Waals surface area (Å²) in [6.45, 7) is 3.80. The molecule has 1 atom stereocenters. The Kier molecular flexibility index (Phi) is 5.78. The molecule has 0 bridgehead atoms. The third-order valence-electron chi connectivity index (χ3n) is 6.80. The van der Waals surface area contributed by atoms with Gasteiger partial charge in [0.05, 0.1) is 29.5 Å². The largest absolute Gasteiger partial charge is 0.392 e. The van der Waals surface area contributed by atoms with E-state index < -0.39 is 0 Å². The monoisotopic (exact) mass is 452 g/mol. The fourth-order valence-electron chi connectivity index (χ4n) is 4.71. The maximum Gasteiger partial charge on any atom is 0.212 e. The van der Waals surface area contributed by atoms with Gasteiger partial charge in [0.2, 0.25) is 5.95 Å². The number of hydrogen-bond donors (Lipinski definition) is 1. The van der Waals surface area contributed by atoms with Crippen molar-refractivity contribution in [2.75, 3.05) is 32.1 Å². The van der Waals surface area contributed by atoms with Gasteiger partial charge in [0.15, 0.2) is 0 Å². The normalized spacial score (nSPS) is 15.9. The van der Waals surface area contributed by atoms with Gasteiger partial charge in [0, 0.05) is 37.1 Å². The first-order chi connectivity index (χ1) is 16.5. The molecular formula is C27H28N6O. The second-order valence-corrected chi connectivity index (χ2v) is 9.10.